The van der Waals surface area contributed by atoms with Gasteiger partial charge in [0.1, 0.15) is 6.04 Å². The van der Waals surface area contributed by atoms with Crippen LogP contribution < -0.4 is 5.32 Å². The molecule has 1 atom stereocenters. The summed E-state index contributed by atoms with van der Waals surface area (Å²) in [4.78, 5) is 26.7. The highest BCUT2D eigenvalue weighted by atomic mass is 79.9. The molecule has 0 spiro atoms. The van der Waals surface area contributed by atoms with Crippen molar-refractivity contribution in [1.82, 2.24) is 10.3 Å². The number of hydrogen-bond acceptors (Lipinski definition) is 3. The third-order valence-electron chi connectivity index (χ3n) is 2.42. The molecule has 2 N–H and O–H groups in total. The molecule has 1 aromatic heterocycles. The number of carboxylic acid groups (broad SMARTS) is 1. The Hall–Kier alpha value is -1.43. The minimum Gasteiger partial charge on any atom is -0.480 e. The summed E-state index contributed by atoms with van der Waals surface area (Å²) in [6.45, 7) is 1.97. The van der Waals surface area contributed by atoms with Gasteiger partial charge < -0.3 is 10.4 Å². The van der Waals surface area contributed by atoms with Crippen LogP contribution in [0.25, 0.3) is 0 Å². The molecule has 0 aliphatic heterocycles. The Morgan fingerprint density at radius 3 is 2.78 bits per heavy atom. The zero-order valence-corrected chi connectivity index (χ0v) is 11.6. The molecule has 0 aliphatic carbocycles. The van der Waals surface area contributed by atoms with E-state index in [9.17, 15) is 9.59 Å². The maximum Gasteiger partial charge on any atom is 0.326 e. The van der Waals surface area contributed by atoms with E-state index in [2.05, 4.69) is 26.2 Å². The van der Waals surface area contributed by atoms with Crippen LogP contribution in [-0.4, -0.2) is 28.0 Å². The van der Waals surface area contributed by atoms with Crippen molar-refractivity contribution in [2.75, 3.05) is 0 Å². The monoisotopic (exact) mass is 314 g/mol. The van der Waals surface area contributed by atoms with Crippen molar-refractivity contribution < 1.29 is 14.7 Å². The number of unbranched alkanes of at least 4 members (excludes halogenated alkanes) is 1. The molecule has 5 nitrogen and oxygen atoms in total. The summed E-state index contributed by atoms with van der Waals surface area (Å²) in [6, 6.07) is 0.748. The van der Waals surface area contributed by atoms with E-state index < -0.39 is 17.9 Å². The van der Waals surface area contributed by atoms with Gasteiger partial charge in [0.05, 0.1) is 5.56 Å². The third-order valence-corrected chi connectivity index (χ3v) is 2.85. The first kappa shape index (κ1) is 14.6. The molecule has 1 amide bonds. The fourth-order valence-corrected chi connectivity index (χ4v) is 1.81. The smallest absolute Gasteiger partial charge is 0.326 e. The molecular weight excluding hydrogens is 300 g/mol. The second-order valence-corrected chi connectivity index (χ2v) is 4.81. The van der Waals surface area contributed by atoms with E-state index in [0.29, 0.717) is 16.5 Å². The van der Waals surface area contributed by atoms with E-state index >= 15 is 0 Å². The number of aliphatic carboxylic acids is 1. The molecule has 0 saturated heterocycles. The van der Waals surface area contributed by atoms with Crippen LogP contribution in [0.2, 0.25) is 0 Å². The molecular formula is C12H15BrN2O3. The first-order valence-electron chi connectivity index (χ1n) is 5.68. The number of hydrogen-bond donors (Lipinski definition) is 2. The van der Waals surface area contributed by atoms with Crippen LogP contribution in [0, 0.1) is 0 Å². The molecule has 1 rings (SSSR count). The predicted octanol–water partition coefficient (Wildman–Crippen LogP) is 2.22. The molecule has 1 heterocycles. The quantitative estimate of drug-likeness (QED) is 0.843. The Kier molecular flexibility index (Phi) is 5.77. The number of carbonyl (C=O) groups is 2. The zero-order chi connectivity index (χ0) is 13.5. The van der Waals surface area contributed by atoms with Crippen molar-refractivity contribution in [2.45, 2.75) is 32.2 Å². The van der Waals surface area contributed by atoms with Gasteiger partial charge in [-0.3, -0.25) is 9.78 Å². The number of carboxylic acids is 1. The molecule has 0 aliphatic rings. The van der Waals surface area contributed by atoms with Gasteiger partial charge in [0.2, 0.25) is 0 Å². The molecule has 0 fully saturated rings. The van der Waals surface area contributed by atoms with Crippen LogP contribution in [0.5, 0.6) is 0 Å². The van der Waals surface area contributed by atoms with Crippen molar-refractivity contribution in [1.29, 1.82) is 0 Å². The van der Waals surface area contributed by atoms with Crippen LogP contribution in [-0.2, 0) is 4.79 Å². The van der Waals surface area contributed by atoms with Crippen LogP contribution in [0.1, 0.15) is 36.5 Å². The van der Waals surface area contributed by atoms with Crippen molar-refractivity contribution in [2.24, 2.45) is 0 Å². The number of halogens is 1. The Bertz CT molecular complexity index is 437. The zero-order valence-electron chi connectivity index (χ0n) is 10.0. The van der Waals surface area contributed by atoms with E-state index in [1.54, 1.807) is 12.3 Å². The van der Waals surface area contributed by atoms with Crippen molar-refractivity contribution in [3.8, 4) is 0 Å². The van der Waals surface area contributed by atoms with Gasteiger partial charge >= 0.3 is 5.97 Å². The summed E-state index contributed by atoms with van der Waals surface area (Å²) in [6.07, 6.45) is 5.03. The average molecular weight is 315 g/mol. The number of carbonyl (C=O) groups excluding carboxylic acids is 1. The molecule has 0 bridgehead atoms. The van der Waals surface area contributed by atoms with Crippen LogP contribution in [0.4, 0.5) is 0 Å². The van der Waals surface area contributed by atoms with Gasteiger partial charge in [-0.05, 0) is 28.4 Å². The molecule has 98 valence electrons. The van der Waals surface area contributed by atoms with E-state index in [0.717, 1.165) is 12.8 Å². The standard InChI is InChI=1S/C12H15BrN2O3/c1-2-3-4-10(12(17)18)15-11(16)8-5-9(13)7-14-6-8/h5-7,10H,2-4H2,1H3,(H,15,16)(H,17,18). The minimum absolute atomic E-state index is 0.340. The highest BCUT2D eigenvalue weighted by Gasteiger charge is 2.20. The summed E-state index contributed by atoms with van der Waals surface area (Å²) in [7, 11) is 0. The fraction of sp³-hybridized carbons (Fsp3) is 0.417. The van der Waals surface area contributed by atoms with Crippen molar-refractivity contribution in [3.63, 3.8) is 0 Å². The first-order valence-corrected chi connectivity index (χ1v) is 6.48. The predicted molar refractivity (Wildman–Crippen MR) is 70.4 cm³/mol. The number of rotatable bonds is 6. The molecule has 0 radical (unpaired) electrons. The number of pyridine rings is 1. The summed E-state index contributed by atoms with van der Waals surface area (Å²) >= 11 is 3.21. The SMILES string of the molecule is CCCCC(NC(=O)c1cncc(Br)c1)C(=O)O. The van der Waals surface area contributed by atoms with Crippen LogP contribution in [0.15, 0.2) is 22.9 Å². The minimum atomic E-state index is -1.01. The summed E-state index contributed by atoms with van der Waals surface area (Å²) < 4.78 is 0.676. The lowest BCUT2D eigenvalue weighted by Gasteiger charge is -2.13. The molecule has 1 unspecified atom stereocenters. The highest BCUT2D eigenvalue weighted by Crippen LogP contribution is 2.10. The topological polar surface area (TPSA) is 79.3 Å². The van der Waals surface area contributed by atoms with E-state index in [1.807, 2.05) is 6.92 Å². The Labute approximate surface area is 114 Å². The second-order valence-electron chi connectivity index (χ2n) is 3.90. The lowest BCUT2D eigenvalue weighted by Crippen LogP contribution is -2.40. The lowest BCUT2D eigenvalue weighted by atomic mass is 10.1. The van der Waals surface area contributed by atoms with E-state index in [-0.39, 0.29) is 0 Å². The number of aromatic nitrogens is 1. The molecule has 0 aromatic carbocycles. The molecule has 18 heavy (non-hydrogen) atoms. The average Bonchev–Trinajstić information content (AvgIpc) is 2.33. The maximum atomic E-state index is 11.8. The van der Waals surface area contributed by atoms with E-state index in [4.69, 9.17) is 5.11 Å². The van der Waals surface area contributed by atoms with Gasteiger partial charge in [-0.25, -0.2) is 4.79 Å². The van der Waals surface area contributed by atoms with Crippen molar-refractivity contribution >= 4 is 27.8 Å². The molecule has 0 saturated carbocycles. The number of nitrogens with one attached hydrogen (secondary N) is 1. The van der Waals surface area contributed by atoms with Crippen molar-refractivity contribution in [3.05, 3.63) is 28.5 Å². The Morgan fingerprint density at radius 2 is 2.22 bits per heavy atom. The van der Waals surface area contributed by atoms with Gasteiger partial charge in [0.25, 0.3) is 5.91 Å². The largest absolute Gasteiger partial charge is 0.480 e. The summed E-state index contributed by atoms with van der Waals surface area (Å²) in [5.74, 6) is -1.44. The first-order chi connectivity index (χ1) is 8.54. The third kappa shape index (κ3) is 4.44. The number of nitrogens with zero attached hydrogens (tertiary/aromatic N) is 1. The second kappa shape index (κ2) is 7.10. The van der Waals surface area contributed by atoms with Gasteiger partial charge in [-0.2, -0.15) is 0 Å². The Balaban J connectivity index is 2.69. The van der Waals surface area contributed by atoms with Gasteiger partial charge in [-0.15, -0.1) is 0 Å². The van der Waals surface area contributed by atoms with Crippen LogP contribution in [0.3, 0.4) is 0 Å². The lowest BCUT2D eigenvalue weighted by molar-refractivity contribution is -0.139. The maximum absolute atomic E-state index is 11.8. The molecule has 6 heteroatoms. The van der Waals surface area contributed by atoms with Gasteiger partial charge in [-0.1, -0.05) is 19.8 Å². The highest BCUT2D eigenvalue weighted by molar-refractivity contribution is 9.10. The summed E-state index contributed by atoms with van der Waals surface area (Å²) in [5, 5.41) is 11.5. The Morgan fingerprint density at radius 1 is 1.50 bits per heavy atom. The summed E-state index contributed by atoms with van der Waals surface area (Å²) in [5.41, 5.74) is 0.340. The molecule has 1 aromatic rings. The number of amides is 1. The normalized spacial score (nSPS) is 11.9. The van der Waals surface area contributed by atoms with Gasteiger partial charge in [0.15, 0.2) is 0 Å². The van der Waals surface area contributed by atoms with Gasteiger partial charge in [0, 0.05) is 16.9 Å². The van der Waals surface area contributed by atoms with E-state index in [1.165, 1.54) is 6.20 Å². The fourth-order valence-electron chi connectivity index (χ4n) is 1.44. The van der Waals surface area contributed by atoms with Crippen LogP contribution >= 0.6 is 15.9 Å².